The molecule has 0 saturated carbocycles. The predicted molar refractivity (Wildman–Crippen MR) is 142 cm³/mol. The molecule has 0 spiro atoms. The molecule has 0 fully saturated rings. The minimum Gasteiger partial charge on any atom is -0.398 e. The average Bonchev–Trinajstić information content (AvgIpc) is 2.86. The zero-order chi connectivity index (χ0) is 25.4. The minimum atomic E-state index is -3.42. The molecule has 36 heavy (non-hydrogen) atoms. The molecule has 4 aromatic rings. The van der Waals surface area contributed by atoms with Gasteiger partial charge in [0.05, 0.1) is 10.6 Å². The van der Waals surface area contributed by atoms with E-state index in [1.54, 1.807) is 30.3 Å². The summed E-state index contributed by atoms with van der Waals surface area (Å²) >= 11 is 0. The van der Waals surface area contributed by atoms with Gasteiger partial charge in [0.1, 0.15) is 0 Å². The first-order valence-electron chi connectivity index (χ1n) is 11.6. The summed E-state index contributed by atoms with van der Waals surface area (Å²) in [6.45, 7) is 0.884. The van der Waals surface area contributed by atoms with E-state index in [1.807, 2.05) is 48.5 Å². The third-order valence-electron chi connectivity index (χ3n) is 6.37. The number of hydrogen-bond acceptors (Lipinski definition) is 6. The number of carbonyl (C=O) groups excluding carboxylic acids is 2. The van der Waals surface area contributed by atoms with Crippen LogP contribution in [0.2, 0.25) is 0 Å². The van der Waals surface area contributed by atoms with Gasteiger partial charge >= 0.3 is 0 Å². The Morgan fingerprint density at radius 2 is 1.44 bits per heavy atom. The number of benzene rings is 4. The maximum Gasteiger partial charge on any atom is 0.261 e. The standard InChI is InChI=1S/C28H25N3O4S/c1-36(34,35)25-17-20(11-14-24(25)29)18-9-12-21(13-10-18)30-15-4-16-31-27(32)22-7-2-5-19-6-3-8-23(26(19)22)28(31)33/h2-3,5-14,17,30H,4,15-16,29H2,1H3. The monoisotopic (exact) mass is 499 g/mol. The molecule has 0 aromatic heterocycles. The lowest BCUT2D eigenvalue weighted by molar-refractivity contribution is 0.0610. The van der Waals surface area contributed by atoms with Crippen LogP contribution in [0.4, 0.5) is 11.4 Å². The van der Waals surface area contributed by atoms with Crippen LogP contribution in [-0.4, -0.2) is 44.5 Å². The summed E-state index contributed by atoms with van der Waals surface area (Å²) in [6.07, 6.45) is 1.73. The number of hydrogen-bond donors (Lipinski definition) is 2. The van der Waals surface area contributed by atoms with Gasteiger partial charge in [-0.2, -0.15) is 0 Å². The number of nitrogens with two attached hydrogens (primary N) is 1. The van der Waals surface area contributed by atoms with Crippen LogP contribution in [0.5, 0.6) is 0 Å². The van der Waals surface area contributed by atoms with Crippen molar-refractivity contribution in [2.45, 2.75) is 11.3 Å². The van der Waals surface area contributed by atoms with Crippen molar-refractivity contribution in [1.29, 1.82) is 0 Å². The molecule has 0 unspecified atom stereocenters. The Hall–Kier alpha value is -4.17. The molecule has 0 atom stereocenters. The summed E-state index contributed by atoms with van der Waals surface area (Å²) in [5, 5.41) is 4.93. The topological polar surface area (TPSA) is 110 Å². The number of nitrogens with one attached hydrogen (secondary N) is 1. The van der Waals surface area contributed by atoms with Gasteiger partial charge in [0.15, 0.2) is 9.84 Å². The van der Waals surface area contributed by atoms with Crippen molar-refractivity contribution in [2.75, 3.05) is 30.4 Å². The number of amides is 2. The van der Waals surface area contributed by atoms with Crippen molar-refractivity contribution in [2.24, 2.45) is 0 Å². The van der Waals surface area contributed by atoms with Crippen LogP contribution in [0.25, 0.3) is 21.9 Å². The SMILES string of the molecule is CS(=O)(=O)c1cc(-c2ccc(NCCCN3C(=O)c4cccc5cccc(c45)C3=O)cc2)ccc1N. The number of nitrogen functional groups attached to an aromatic ring is 1. The van der Waals surface area contributed by atoms with E-state index in [0.29, 0.717) is 30.6 Å². The zero-order valence-electron chi connectivity index (χ0n) is 19.7. The Bertz CT molecular complexity index is 1560. The second kappa shape index (κ2) is 9.13. The predicted octanol–water partition coefficient (Wildman–Crippen LogP) is 4.59. The molecular formula is C28H25N3O4S. The van der Waals surface area contributed by atoms with Crippen molar-refractivity contribution in [1.82, 2.24) is 4.90 Å². The first-order chi connectivity index (χ1) is 17.2. The summed E-state index contributed by atoms with van der Waals surface area (Å²) in [6, 6.07) is 23.6. The number of carbonyl (C=O) groups is 2. The molecule has 0 radical (unpaired) electrons. The second-order valence-electron chi connectivity index (χ2n) is 8.85. The van der Waals surface area contributed by atoms with E-state index in [-0.39, 0.29) is 22.4 Å². The molecule has 1 heterocycles. The highest BCUT2D eigenvalue weighted by Crippen LogP contribution is 2.30. The van der Waals surface area contributed by atoms with Gasteiger partial charge in [0.25, 0.3) is 11.8 Å². The van der Waals surface area contributed by atoms with Crippen molar-refractivity contribution in [3.05, 3.63) is 90.0 Å². The average molecular weight is 500 g/mol. The van der Waals surface area contributed by atoms with E-state index in [1.165, 1.54) is 4.90 Å². The number of nitrogens with zero attached hydrogens (tertiary/aromatic N) is 1. The quantitative estimate of drug-likeness (QED) is 0.219. The third-order valence-corrected chi connectivity index (χ3v) is 7.53. The first kappa shape index (κ1) is 23.6. The van der Waals surface area contributed by atoms with Crippen LogP contribution in [0.15, 0.2) is 83.8 Å². The van der Waals surface area contributed by atoms with Gasteiger partial charge in [-0.05, 0) is 59.3 Å². The van der Waals surface area contributed by atoms with Crippen molar-refractivity contribution in [3.8, 4) is 11.1 Å². The van der Waals surface area contributed by atoms with Gasteiger partial charge in [0, 0.05) is 41.5 Å². The lowest BCUT2D eigenvalue weighted by atomic mass is 9.94. The fourth-order valence-corrected chi connectivity index (χ4v) is 5.41. The van der Waals surface area contributed by atoms with E-state index < -0.39 is 9.84 Å². The number of anilines is 2. The summed E-state index contributed by atoms with van der Waals surface area (Å²) in [5.74, 6) is -0.517. The number of sulfone groups is 1. The highest BCUT2D eigenvalue weighted by molar-refractivity contribution is 7.90. The summed E-state index contributed by atoms with van der Waals surface area (Å²) in [5.41, 5.74) is 9.68. The first-order valence-corrected chi connectivity index (χ1v) is 13.4. The lowest BCUT2D eigenvalue weighted by Gasteiger charge is -2.27. The lowest BCUT2D eigenvalue weighted by Crippen LogP contribution is -2.41. The fraction of sp³-hybridized carbons (Fsp3) is 0.143. The minimum absolute atomic E-state index is 0.114. The second-order valence-corrected chi connectivity index (χ2v) is 10.8. The normalized spacial score (nSPS) is 13.3. The molecule has 1 aliphatic rings. The van der Waals surface area contributed by atoms with E-state index in [9.17, 15) is 18.0 Å². The summed E-state index contributed by atoms with van der Waals surface area (Å²) in [7, 11) is -3.42. The largest absolute Gasteiger partial charge is 0.398 e. The van der Waals surface area contributed by atoms with Gasteiger partial charge in [-0.1, -0.05) is 42.5 Å². The van der Waals surface area contributed by atoms with E-state index in [4.69, 9.17) is 5.73 Å². The molecule has 2 amide bonds. The van der Waals surface area contributed by atoms with Crippen LogP contribution in [0.3, 0.4) is 0 Å². The zero-order valence-corrected chi connectivity index (χ0v) is 20.5. The number of rotatable bonds is 7. The summed E-state index contributed by atoms with van der Waals surface area (Å²) in [4.78, 5) is 27.4. The van der Waals surface area contributed by atoms with Gasteiger partial charge in [-0.3, -0.25) is 14.5 Å². The Kier molecular flexibility index (Phi) is 5.97. The summed E-state index contributed by atoms with van der Waals surface area (Å²) < 4.78 is 23.9. The molecule has 4 aromatic carbocycles. The smallest absolute Gasteiger partial charge is 0.261 e. The van der Waals surface area contributed by atoms with Gasteiger partial charge in [-0.25, -0.2) is 8.42 Å². The van der Waals surface area contributed by atoms with Crippen LogP contribution < -0.4 is 11.1 Å². The third kappa shape index (κ3) is 4.31. The van der Waals surface area contributed by atoms with Crippen LogP contribution in [0, 0.1) is 0 Å². The maximum atomic E-state index is 13.0. The van der Waals surface area contributed by atoms with Gasteiger partial charge < -0.3 is 11.1 Å². The molecule has 0 saturated heterocycles. The van der Waals surface area contributed by atoms with E-state index in [0.717, 1.165) is 33.8 Å². The van der Waals surface area contributed by atoms with Crippen molar-refractivity contribution >= 4 is 43.8 Å². The van der Waals surface area contributed by atoms with Crippen molar-refractivity contribution in [3.63, 3.8) is 0 Å². The molecule has 182 valence electrons. The Labute approximate surface area is 209 Å². The Morgan fingerprint density at radius 1 is 0.833 bits per heavy atom. The maximum absolute atomic E-state index is 13.0. The Balaban J connectivity index is 1.22. The number of imide groups is 1. The molecular weight excluding hydrogens is 474 g/mol. The highest BCUT2D eigenvalue weighted by Gasteiger charge is 2.32. The van der Waals surface area contributed by atoms with Gasteiger partial charge in [0.2, 0.25) is 0 Å². The van der Waals surface area contributed by atoms with Crippen LogP contribution >= 0.6 is 0 Å². The molecule has 7 nitrogen and oxygen atoms in total. The van der Waals surface area contributed by atoms with Crippen LogP contribution in [0.1, 0.15) is 27.1 Å². The van der Waals surface area contributed by atoms with Crippen molar-refractivity contribution < 1.29 is 18.0 Å². The van der Waals surface area contributed by atoms with E-state index in [2.05, 4.69) is 5.32 Å². The molecule has 3 N–H and O–H groups in total. The molecule has 5 rings (SSSR count). The van der Waals surface area contributed by atoms with Crippen LogP contribution in [-0.2, 0) is 9.84 Å². The molecule has 0 aliphatic carbocycles. The fourth-order valence-electron chi connectivity index (χ4n) is 4.57. The molecule has 0 bridgehead atoms. The Morgan fingerprint density at radius 3 is 2.06 bits per heavy atom. The molecule has 8 heteroatoms. The highest BCUT2D eigenvalue weighted by atomic mass is 32.2. The molecule has 1 aliphatic heterocycles. The van der Waals surface area contributed by atoms with E-state index >= 15 is 0 Å². The van der Waals surface area contributed by atoms with Gasteiger partial charge in [-0.15, -0.1) is 0 Å².